The lowest BCUT2D eigenvalue weighted by atomic mass is 10.3. The summed E-state index contributed by atoms with van der Waals surface area (Å²) in [6.07, 6.45) is 2.21. The smallest absolute Gasteiger partial charge is 0.293 e. The largest absolute Gasteiger partial charge is 0.450 e. The zero-order chi connectivity index (χ0) is 19.5. The van der Waals surface area contributed by atoms with Gasteiger partial charge in [-0.05, 0) is 54.2 Å². The number of rotatable bonds is 7. The highest BCUT2D eigenvalue weighted by atomic mass is 32.2. The van der Waals surface area contributed by atoms with Crippen molar-refractivity contribution in [3.05, 3.63) is 47.1 Å². The van der Waals surface area contributed by atoms with Crippen LogP contribution >= 0.6 is 23.5 Å². The second-order valence-electron chi connectivity index (χ2n) is 6.00. The van der Waals surface area contributed by atoms with Crippen LogP contribution in [0.25, 0.3) is 17.1 Å². The van der Waals surface area contributed by atoms with Crippen LogP contribution in [0.4, 0.5) is 4.79 Å². The van der Waals surface area contributed by atoms with Crippen molar-refractivity contribution in [3.63, 3.8) is 0 Å². The average Bonchev–Trinajstić information content (AvgIpc) is 3.36. The summed E-state index contributed by atoms with van der Waals surface area (Å²) in [4.78, 5) is 33.8. The van der Waals surface area contributed by atoms with E-state index in [2.05, 4.69) is 9.97 Å². The summed E-state index contributed by atoms with van der Waals surface area (Å²) in [6, 6.07) is 11.4. The number of carbonyl (C=O) groups is 2. The molecule has 0 radical (unpaired) electrons. The van der Waals surface area contributed by atoms with Crippen molar-refractivity contribution < 1.29 is 18.7 Å². The van der Waals surface area contributed by atoms with Gasteiger partial charge in [0.2, 0.25) is 0 Å². The van der Waals surface area contributed by atoms with E-state index in [4.69, 9.17) is 9.15 Å². The van der Waals surface area contributed by atoms with Gasteiger partial charge in [0.15, 0.2) is 10.2 Å². The van der Waals surface area contributed by atoms with Gasteiger partial charge in [0.25, 0.3) is 11.1 Å². The predicted octanol–water partition coefficient (Wildman–Crippen LogP) is 4.38. The molecular weight excluding hydrogens is 398 g/mol. The molecule has 0 bridgehead atoms. The van der Waals surface area contributed by atoms with Crippen LogP contribution in [0.2, 0.25) is 0 Å². The van der Waals surface area contributed by atoms with Crippen LogP contribution < -0.4 is 0 Å². The lowest BCUT2D eigenvalue weighted by molar-refractivity contribution is -0.122. The van der Waals surface area contributed by atoms with Crippen molar-refractivity contribution in [2.24, 2.45) is 0 Å². The summed E-state index contributed by atoms with van der Waals surface area (Å²) in [5.74, 6) is 0.218. The highest BCUT2D eigenvalue weighted by Crippen LogP contribution is 2.34. The zero-order valence-electron chi connectivity index (χ0n) is 15.0. The molecule has 0 aliphatic carbocycles. The van der Waals surface area contributed by atoms with E-state index in [1.165, 1.54) is 16.7 Å². The molecule has 2 aromatic heterocycles. The fourth-order valence-electron chi connectivity index (χ4n) is 2.73. The number of imide groups is 1. The van der Waals surface area contributed by atoms with E-state index in [0.29, 0.717) is 35.3 Å². The van der Waals surface area contributed by atoms with Crippen LogP contribution in [-0.4, -0.2) is 46.3 Å². The number of fused-ring (bicyclic) bond motifs is 1. The van der Waals surface area contributed by atoms with Crippen molar-refractivity contribution in [1.82, 2.24) is 14.9 Å². The number of hydrogen-bond donors (Lipinski definition) is 1. The number of methoxy groups -OCH3 is 1. The predicted molar refractivity (Wildman–Crippen MR) is 108 cm³/mol. The summed E-state index contributed by atoms with van der Waals surface area (Å²) >= 11 is 2.29. The first-order valence-corrected chi connectivity index (χ1v) is 10.2. The van der Waals surface area contributed by atoms with Crippen molar-refractivity contribution in [3.8, 4) is 0 Å². The molecule has 0 atom stereocenters. The number of furan rings is 1. The number of carbonyl (C=O) groups excluding carboxylic acids is 2. The van der Waals surface area contributed by atoms with Gasteiger partial charge in [-0.15, -0.1) is 0 Å². The molecule has 28 heavy (non-hydrogen) atoms. The van der Waals surface area contributed by atoms with Gasteiger partial charge in [0.1, 0.15) is 5.76 Å². The monoisotopic (exact) mass is 415 g/mol. The Balaban J connectivity index is 1.45. The van der Waals surface area contributed by atoms with E-state index < -0.39 is 0 Å². The third-order valence-corrected chi connectivity index (χ3v) is 5.76. The summed E-state index contributed by atoms with van der Waals surface area (Å²) in [7, 11) is 1.59. The van der Waals surface area contributed by atoms with Crippen molar-refractivity contribution in [2.45, 2.75) is 16.7 Å². The Morgan fingerprint density at radius 3 is 2.96 bits per heavy atom. The molecule has 7 nitrogen and oxygen atoms in total. The highest BCUT2D eigenvalue weighted by Gasteiger charge is 2.34. The number of aromatic nitrogens is 2. The lowest BCUT2D eigenvalue weighted by Gasteiger charge is -2.11. The standard InChI is InChI=1S/C19H17N3O4S2/c1-25-10-4-9-22-17(23)15(27-19(22)24)11-12-7-8-16(26-12)28-18-20-13-5-2-3-6-14(13)21-18/h2-3,5-8,11H,4,9-10H2,1H3,(H,20,21)/b15-11+. The number of benzene rings is 1. The number of thioether (sulfide) groups is 1. The molecule has 144 valence electrons. The van der Waals surface area contributed by atoms with Gasteiger partial charge in [-0.1, -0.05) is 12.1 Å². The second kappa shape index (κ2) is 8.26. The van der Waals surface area contributed by atoms with Gasteiger partial charge >= 0.3 is 0 Å². The minimum Gasteiger partial charge on any atom is -0.450 e. The molecule has 9 heteroatoms. The molecule has 0 unspecified atom stereocenters. The van der Waals surface area contributed by atoms with Gasteiger partial charge in [-0.25, -0.2) is 4.98 Å². The normalized spacial score (nSPS) is 16.0. The Morgan fingerprint density at radius 1 is 1.29 bits per heavy atom. The number of aromatic amines is 1. The van der Waals surface area contributed by atoms with E-state index >= 15 is 0 Å². The number of amides is 2. The molecule has 1 aliphatic heterocycles. The first-order valence-electron chi connectivity index (χ1n) is 8.61. The Labute approximate surface area is 169 Å². The first kappa shape index (κ1) is 18.9. The topological polar surface area (TPSA) is 88.4 Å². The molecule has 1 fully saturated rings. The SMILES string of the molecule is COCCCN1C(=O)S/C(=C/c2ccc(Sc3nc4ccccc4[nH]3)o2)C1=O. The van der Waals surface area contributed by atoms with Crippen LogP contribution in [0.5, 0.6) is 0 Å². The molecule has 1 aromatic carbocycles. The molecule has 3 heterocycles. The number of H-pyrrole nitrogens is 1. The molecular formula is C19H17N3O4S2. The van der Waals surface area contributed by atoms with E-state index in [1.807, 2.05) is 30.3 Å². The van der Waals surface area contributed by atoms with Crippen molar-refractivity contribution >= 4 is 51.8 Å². The van der Waals surface area contributed by atoms with E-state index in [1.54, 1.807) is 19.3 Å². The molecule has 1 aliphatic rings. The molecule has 3 aromatic rings. The number of imidazole rings is 1. The Bertz CT molecular complexity index is 1020. The maximum Gasteiger partial charge on any atom is 0.293 e. The number of nitrogens with zero attached hydrogens (tertiary/aromatic N) is 2. The minimum atomic E-state index is -0.297. The fraction of sp³-hybridized carbons (Fsp3) is 0.211. The molecule has 2 amide bonds. The van der Waals surface area contributed by atoms with Crippen molar-refractivity contribution in [2.75, 3.05) is 20.3 Å². The number of para-hydroxylation sites is 2. The Kier molecular flexibility index (Phi) is 5.56. The van der Waals surface area contributed by atoms with Gasteiger partial charge in [0.05, 0.1) is 15.9 Å². The molecule has 4 rings (SSSR count). The summed E-state index contributed by atoms with van der Waals surface area (Å²) in [5.41, 5.74) is 1.85. The van der Waals surface area contributed by atoms with Crippen LogP contribution in [0.3, 0.4) is 0 Å². The van der Waals surface area contributed by atoms with Gasteiger partial charge in [0, 0.05) is 26.3 Å². The van der Waals surface area contributed by atoms with E-state index in [9.17, 15) is 9.59 Å². The second-order valence-corrected chi connectivity index (χ2v) is 7.98. The van der Waals surface area contributed by atoms with Gasteiger partial charge in [-0.2, -0.15) is 0 Å². The Hall–Kier alpha value is -2.49. The lowest BCUT2D eigenvalue weighted by Crippen LogP contribution is -2.29. The van der Waals surface area contributed by atoms with Gasteiger partial charge < -0.3 is 14.1 Å². The Morgan fingerprint density at radius 2 is 2.14 bits per heavy atom. The third-order valence-electron chi connectivity index (χ3n) is 4.04. The van der Waals surface area contributed by atoms with E-state index in [-0.39, 0.29) is 11.1 Å². The third kappa shape index (κ3) is 4.01. The number of hydrogen-bond acceptors (Lipinski definition) is 7. The van der Waals surface area contributed by atoms with Crippen LogP contribution in [0, 0.1) is 0 Å². The fourth-order valence-corrected chi connectivity index (χ4v) is 4.34. The maximum absolute atomic E-state index is 12.4. The van der Waals surface area contributed by atoms with Crippen molar-refractivity contribution in [1.29, 1.82) is 0 Å². The number of nitrogens with one attached hydrogen (secondary N) is 1. The maximum atomic E-state index is 12.4. The van der Waals surface area contributed by atoms with E-state index in [0.717, 1.165) is 28.0 Å². The zero-order valence-corrected chi connectivity index (χ0v) is 16.6. The molecule has 0 saturated carbocycles. The van der Waals surface area contributed by atoms with Crippen LogP contribution in [-0.2, 0) is 9.53 Å². The van der Waals surface area contributed by atoms with Crippen LogP contribution in [0.1, 0.15) is 12.2 Å². The summed E-state index contributed by atoms with van der Waals surface area (Å²) in [6.45, 7) is 0.850. The highest BCUT2D eigenvalue weighted by molar-refractivity contribution is 8.18. The van der Waals surface area contributed by atoms with Crippen LogP contribution in [0.15, 0.2) is 56.0 Å². The van der Waals surface area contributed by atoms with Gasteiger partial charge in [-0.3, -0.25) is 14.5 Å². The number of ether oxygens (including phenoxy) is 1. The first-order chi connectivity index (χ1) is 13.6. The average molecular weight is 415 g/mol. The molecule has 1 saturated heterocycles. The summed E-state index contributed by atoms with van der Waals surface area (Å²) in [5, 5.41) is 1.10. The molecule has 0 spiro atoms. The summed E-state index contributed by atoms with van der Waals surface area (Å²) < 4.78 is 10.7. The quantitative estimate of drug-likeness (QED) is 0.452. The molecule has 1 N–H and O–H groups in total. The minimum absolute atomic E-state index is 0.268.